The minimum Gasteiger partial charge on any atom is -0.381 e. The van der Waals surface area contributed by atoms with Gasteiger partial charge in [-0.1, -0.05) is 11.6 Å². The molecule has 0 bridgehead atoms. The fraction of sp³-hybridized carbons (Fsp3) is 0.0667. The van der Waals surface area contributed by atoms with Crippen LogP contribution in [-0.4, -0.2) is 14.8 Å². The molecule has 0 aliphatic carbocycles. The van der Waals surface area contributed by atoms with Gasteiger partial charge < -0.3 is 5.32 Å². The van der Waals surface area contributed by atoms with Crippen molar-refractivity contribution in [3.05, 3.63) is 71.5 Å². The Morgan fingerprint density at radius 1 is 1.14 bits per heavy atom. The number of aromatic nitrogens is 3. The third kappa shape index (κ3) is 3.20. The molecule has 4 nitrogen and oxygen atoms in total. The average Bonchev–Trinajstić information content (AvgIpc) is 3.03. The Morgan fingerprint density at radius 3 is 2.67 bits per heavy atom. The summed E-state index contributed by atoms with van der Waals surface area (Å²) in [5.74, 6) is -0.272. The van der Waals surface area contributed by atoms with Crippen LogP contribution < -0.4 is 5.32 Å². The van der Waals surface area contributed by atoms with Gasteiger partial charge in [-0.3, -0.25) is 0 Å². The van der Waals surface area contributed by atoms with Crippen LogP contribution in [-0.2, 0) is 6.54 Å². The molecule has 0 unspecified atom stereocenters. The smallest absolute Gasteiger partial charge is 0.138 e. The van der Waals surface area contributed by atoms with E-state index in [2.05, 4.69) is 15.4 Å². The topological polar surface area (TPSA) is 42.7 Å². The van der Waals surface area contributed by atoms with E-state index in [0.29, 0.717) is 17.1 Å². The summed E-state index contributed by atoms with van der Waals surface area (Å²) in [7, 11) is 0. The second-order valence-corrected chi connectivity index (χ2v) is 4.91. The van der Waals surface area contributed by atoms with Crippen molar-refractivity contribution in [1.29, 1.82) is 0 Å². The van der Waals surface area contributed by atoms with Crippen molar-refractivity contribution in [2.45, 2.75) is 6.54 Å². The molecule has 0 aliphatic rings. The number of halogens is 2. The molecule has 0 fully saturated rings. The highest BCUT2D eigenvalue weighted by Crippen LogP contribution is 2.17. The molecular weight excluding hydrogens is 291 g/mol. The monoisotopic (exact) mass is 302 g/mol. The van der Waals surface area contributed by atoms with Crippen LogP contribution in [0.5, 0.6) is 0 Å². The van der Waals surface area contributed by atoms with Crippen LogP contribution in [0, 0.1) is 5.82 Å². The Balaban J connectivity index is 1.70. The van der Waals surface area contributed by atoms with E-state index in [0.717, 1.165) is 11.4 Å². The van der Waals surface area contributed by atoms with Gasteiger partial charge in [-0.15, -0.1) is 0 Å². The summed E-state index contributed by atoms with van der Waals surface area (Å²) in [6.45, 7) is 0.370. The highest BCUT2D eigenvalue weighted by atomic mass is 35.5. The Labute approximate surface area is 126 Å². The molecule has 1 heterocycles. The summed E-state index contributed by atoms with van der Waals surface area (Å²) in [5.41, 5.74) is 2.33. The highest BCUT2D eigenvalue weighted by Gasteiger charge is 2.03. The first-order valence-corrected chi connectivity index (χ1v) is 6.73. The van der Waals surface area contributed by atoms with Gasteiger partial charge >= 0.3 is 0 Å². The van der Waals surface area contributed by atoms with E-state index in [1.807, 2.05) is 24.3 Å². The molecule has 0 saturated carbocycles. The second-order valence-electron chi connectivity index (χ2n) is 4.48. The van der Waals surface area contributed by atoms with Gasteiger partial charge in [0.15, 0.2) is 0 Å². The number of benzene rings is 2. The third-order valence-electron chi connectivity index (χ3n) is 3.04. The van der Waals surface area contributed by atoms with Crippen molar-refractivity contribution >= 4 is 17.3 Å². The van der Waals surface area contributed by atoms with Crippen molar-refractivity contribution in [2.24, 2.45) is 0 Å². The Kier molecular flexibility index (Phi) is 3.83. The molecule has 21 heavy (non-hydrogen) atoms. The largest absolute Gasteiger partial charge is 0.381 e. The number of nitrogens with one attached hydrogen (secondary N) is 1. The Bertz CT molecular complexity index is 726. The van der Waals surface area contributed by atoms with E-state index in [1.54, 1.807) is 17.1 Å². The van der Waals surface area contributed by atoms with Crippen molar-refractivity contribution in [2.75, 3.05) is 5.32 Å². The van der Waals surface area contributed by atoms with E-state index >= 15 is 0 Å². The molecule has 1 N–H and O–H groups in total. The maximum atomic E-state index is 13.6. The second kappa shape index (κ2) is 5.93. The first kappa shape index (κ1) is 13.6. The van der Waals surface area contributed by atoms with Gasteiger partial charge in [-0.2, -0.15) is 5.10 Å². The molecule has 3 rings (SSSR count). The number of nitrogens with zero attached hydrogens (tertiary/aromatic N) is 3. The molecule has 0 spiro atoms. The minimum absolute atomic E-state index is 0.272. The molecule has 0 aliphatic heterocycles. The lowest BCUT2D eigenvalue weighted by Gasteiger charge is -2.09. The summed E-state index contributed by atoms with van der Waals surface area (Å²) in [6.07, 6.45) is 3.11. The van der Waals surface area contributed by atoms with Crippen LogP contribution in [0.1, 0.15) is 5.56 Å². The highest BCUT2D eigenvalue weighted by molar-refractivity contribution is 6.30. The van der Waals surface area contributed by atoms with Gasteiger partial charge in [0.1, 0.15) is 18.5 Å². The summed E-state index contributed by atoms with van der Waals surface area (Å²) >= 11 is 5.87. The third-order valence-corrected chi connectivity index (χ3v) is 3.28. The Morgan fingerprint density at radius 2 is 1.95 bits per heavy atom. The fourth-order valence-electron chi connectivity index (χ4n) is 1.95. The number of hydrogen-bond acceptors (Lipinski definition) is 3. The van der Waals surface area contributed by atoms with Crippen LogP contribution in [0.15, 0.2) is 55.1 Å². The normalized spacial score (nSPS) is 10.6. The Hall–Kier alpha value is -2.40. The van der Waals surface area contributed by atoms with E-state index in [4.69, 9.17) is 11.6 Å². The van der Waals surface area contributed by atoms with E-state index in [9.17, 15) is 4.39 Å². The van der Waals surface area contributed by atoms with Gasteiger partial charge in [0.25, 0.3) is 0 Å². The zero-order valence-electron chi connectivity index (χ0n) is 11.0. The van der Waals surface area contributed by atoms with E-state index in [1.165, 1.54) is 18.5 Å². The molecule has 6 heteroatoms. The lowest BCUT2D eigenvalue weighted by atomic mass is 10.2. The van der Waals surface area contributed by atoms with Gasteiger partial charge in [0.05, 0.1) is 5.69 Å². The van der Waals surface area contributed by atoms with Gasteiger partial charge in [-0.25, -0.2) is 14.1 Å². The minimum atomic E-state index is -0.272. The predicted molar refractivity (Wildman–Crippen MR) is 80.1 cm³/mol. The number of rotatable bonds is 4. The fourth-order valence-corrected chi connectivity index (χ4v) is 2.14. The SMILES string of the molecule is Fc1ccc(Cl)cc1CNc1ccc(-n2cncn2)cc1. The standard InChI is InChI=1S/C15H12ClFN4/c16-12-1-6-15(17)11(7-12)8-19-13-2-4-14(5-3-13)21-10-18-9-20-21/h1-7,9-10,19H,8H2. The van der Waals surface area contributed by atoms with Crippen LogP contribution >= 0.6 is 11.6 Å². The van der Waals surface area contributed by atoms with Crippen LogP contribution in [0.2, 0.25) is 5.02 Å². The van der Waals surface area contributed by atoms with E-state index in [-0.39, 0.29) is 5.82 Å². The molecule has 0 amide bonds. The molecular formula is C15H12ClFN4. The number of hydrogen-bond donors (Lipinski definition) is 1. The maximum absolute atomic E-state index is 13.6. The summed E-state index contributed by atoms with van der Waals surface area (Å²) < 4.78 is 15.3. The maximum Gasteiger partial charge on any atom is 0.138 e. The van der Waals surface area contributed by atoms with Crippen molar-refractivity contribution in [1.82, 2.24) is 14.8 Å². The van der Waals surface area contributed by atoms with Crippen LogP contribution in [0.3, 0.4) is 0 Å². The molecule has 0 atom stereocenters. The first-order valence-electron chi connectivity index (χ1n) is 6.35. The average molecular weight is 303 g/mol. The summed E-state index contributed by atoms with van der Waals surface area (Å²) in [6, 6.07) is 12.1. The van der Waals surface area contributed by atoms with Crippen molar-refractivity contribution < 1.29 is 4.39 Å². The van der Waals surface area contributed by atoms with Crippen molar-refractivity contribution in [3.8, 4) is 5.69 Å². The lowest BCUT2D eigenvalue weighted by Crippen LogP contribution is -2.02. The quantitative estimate of drug-likeness (QED) is 0.799. The zero-order valence-corrected chi connectivity index (χ0v) is 11.8. The lowest BCUT2D eigenvalue weighted by molar-refractivity contribution is 0.613. The molecule has 3 aromatic rings. The molecule has 0 saturated heterocycles. The van der Waals surface area contributed by atoms with Crippen LogP contribution in [0.25, 0.3) is 5.69 Å². The van der Waals surface area contributed by atoms with Gasteiger partial charge in [0, 0.05) is 22.8 Å². The molecule has 2 aromatic carbocycles. The zero-order chi connectivity index (χ0) is 14.7. The van der Waals surface area contributed by atoms with Crippen molar-refractivity contribution in [3.63, 3.8) is 0 Å². The summed E-state index contributed by atoms with van der Waals surface area (Å²) in [5, 5.41) is 7.73. The summed E-state index contributed by atoms with van der Waals surface area (Å²) in [4.78, 5) is 3.90. The number of anilines is 1. The molecule has 0 radical (unpaired) electrons. The van der Waals surface area contributed by atoms with Gasteiger partial charge in [0.2, 0.25) is 0 Å². The first-order chi connectivity index (χ1) is 10.2. The molecule has 1 aromatic heterocycles. The van der Waals surface area contributed by atoms with Gasteiger partial charge in [-0.05, 0) is 42.5 Å². The van der Waals surface area contributed by atoms with E-state index < -0.39 is 0 Å². The molecule has 106 valence electrons. The van der Waals surface area contributed by atoms with Crippen LogP contribution in [0.4, 0.5) is 10.1 Å². The predicted octanol–water partition coefficient (Wildman–Crippen LogP) is 3.67.